The van der Waals surface area contributed by atoms with Gasteiger partial charge in [-0.3, -0.25) is 4.98 Å². The zero-order chi connectivity index (χ0) is 15.6. The highest BCUT2D eigenvalue weighted by molar-refractivity contribution is 5.51. The molecular formula is C19H19N3O. The van der Waals surface area contributed by atoms with Gasteiger partial charge in [-0.1, -0.05) is 18.2 Å². The molecule has 1 aromatic carbocycles. The molecular weight excluding hydrogens is 286 g/mol. The van der Waals surface area contributed by atoms with Gasteiger partial charge in [-0.05, 0) is 49.6 Å². The third-order valence-corrected chi connectivity index (χ3v) is 4.21. The van der Waals surface area contributed by atoms with Gasteiger partial charge in [-0.15, -0.1) is 0 Å². The van der Waals surface area contributed by atoms with Crippen molar-refractivity contribution >= 4 is 5.69 Å². The highest BCUT2D eigenvalue weighted by Crippen LogP contribution is 2.27. The van der Waals surface area contributed by atoms with Crippen molar-refractivity contribution in [3.8, 4) is 11.6 Å². The second-order valence-electron chi connectivity index (χ2n) is 5.97. The molecule has 0 radical (unpaired) electrons. The SMILES string of the molecule is Cc1cccc(N2CCCc3nc(-c4ccccn4)oc3C2)c1. The standard InChI is InChI=1S/C19H19N3O/c1-14-6-4-7-15(12-14)22-11-5-9-16-18(13-22)23-19(21-16)17-8-2-3-10-20-17/h2-4,6-8,10,12H,5,9,11,13H2,1H3. The second-order valence-corrected chi connectivity index (χ2v) is 5.97. The highest BCUT2D eigenvalue weighted by Gasteiger charge is 2.21. The molecule has 0 saturated heterocycles. The first-order valence-corrected chi connectivity index (χ1v) is 8.01. The van der Waals surface area contributed by atoms with Gasteiger partial charge in [0.1, 0.15) is 11.5 Å². The normalized spacial score (nSPS) is 14.4. The summed E-state index contributed by atoms with van der Waals surface area (Å²) in [7, 11) is 0. The first kappa shape index (κ1) is 14.0. The van der Waals surface area contributed by atoms with Crippen LogP contribution in [0.3, 0.4) is 0 Å². The molecule has 4 rings (SSSR count). The monoisotopic (exact) mass is 305 g/mol. The molecule has 23 heavy (non-hydrogen) atoms. The molecule has 3 aromatic rings. The Bertz CT molecular complexity index is 810. The van der Waals surface area contributed by atoms with Crippen molar-refractivity contribution in [2.45, 2.75) is 26.3 Å². The molecule has 0 bridgehead atoms. The van der Waals surface area contributed by atoms with Crippen LogP contribution in [-0.4, -0.2) is 16.5 Å². The Morgan fingerprint density at radius 3 is 2.91 bits per heavy atom. The topological polar surface area (TPSA) is 42.2 Å². The molecule has 4 nitrogen and oxygen atoms in total. The summed E-state index contributed by atoms with van der Waals surface area (Å²) in [5, 5.41) is 0. The van der Waals surface area contributed by atoms with E-state index >= 15 is 0 Å². The van der Waals surface area contributed by atoms with E-state index in [2.05, 4.69) is 46.1 Å². The molecule has 0 aliphatic carbocycles. The fraction of sp³-hybridized carbons (Fsp3) is 0.263. The molecule has 0 fully saturated rings. The maximum Gasteiger partial charge on any atom is 0.245 e. The van der Waals surface area contributed by atoms with Crippen LogP contribution in [0.4, 0.5) is 5.69 Å². The maximum atomic E-state index is 6.04. The number of hydrogen-bond acceptors (Lipinski definition) is 4. The minimum absolute atomic E-state index is 0.627. The summed E-state index contributed by atoms with van der Waals surface area (Å²) in [4.78, 5) is 11.4. The van der Waals surface area contributed by atoms with Gasteiger partial charge in [0.05, 0.1) is 12.2 Å². The summed E-state index contributed by atoms with van der Waals surface area (Å²) in [6.07, 6.45) is 3.80. The molecule has 2 aromatic heterocycles. The minimum atomic E-state index is 0.627. The lowest BCUT2D eigenvalue weighted by atomic mass is 10.2. The van der Waals surface area contributed by atoms with Crippen molar-refractivity contribution in [2.75, 3.05) is 11.4 Å². The molecule has 0 N–H and O–H groups in total. The fourth-order valence-electron chi connectivity index (χ4n) is 3.04. The quantitative estimate of drug-likeness (QED) is 0.717. The van der Waals surface area contributed by atoms with Crippen molar-refractivity contribution in [2.24, 2.45) is 0 Å². The first-order chi connectivity index (χ1) is 11.3. The predicted molar refractivity (Wildman–Crippen MR) is 90.3 cm³/mol. The molecule has 0 saturated carbocycles. The van der Waals surface area contributed by atoms with E-state index in [1.54, 1.807) is 6.20 Å². The molecule has 1 aliphatic rings. The molecule has 0 spiro atoms. The molecule has 0 atom stereocenters. The van der Waals surface area contributed by atoms with Crippen LogP contribution in [0.5, 0.6) is 0 Å². The summed E-state index contributed by atoms with van der Waals surface area (Å²) in [5.74, 6) is 1.59. The summed E-state index contributed by atoms with van der Waals surface area (Å²) in [5.41, 5.74) is 4.39. The smallest absolute Gasteiger partial charge is 0.245 e. The number of oxazole rings is 1. The van der Waals surface area contributed by atoms with Gasteiger partial charge in [0.25, 0.3) is 0 Å². The Hall–Kier alpha value is -2.62. The van der Waals surface area contributed by atoms with Crippen LogP contribution < -0.4 is 4.90 Å². The zero-order valence-corrected chi connectivity index (χ0v) is 13.2. The maximum absolute atomic E-state index is 6.04. The number of benzene rings is 1. The largest absolute Gasteiger partial charge is 0.438 e. The Kier molecular flexibility index (Phi) is 3.58. The van der Waals surface area contributed by atoms with Crippen LogP contribution in [0.25, 0.3) is 11.6 Å². The van der Waals surface area contributed by atoms with Gasteiger partial charge in [0, 0.05) is 18.4 Å². The van der Waals surface area contributed by atoms with E-state index in [0.717, 1.165) is 43.1 Å². The van der Waals surface area contributed by atoms with Gasteiger partial charge in [0.15, 0.2) is 0 Å². The van der Waals surface area contributed by atoms with E-state index in [0.29, 0.717) is 5.89 Å². The van der Waals surface area contributed by atoms with E-state index in [9.17, 15) is 0 Å². The number of hydrogen-bond donors (Lipinski definition) is 0. The van der Waals surface area contributed by atoms with Crippen LogP contribution >= 0.6 is 0 Å². The Morgan fingerprint density at radius 1 is 1.13 bits per heavy atom. The third-order valence-electron chi connectivity index (χ3n) is 4.21. The number of fused-ring (bicyclic) bond motifs is 1. The van der Waals surface area contributed by atoms with Crippen LogP contribution in [0.1, 0.15) is 23.4 Å². The number of anilines is 1. The molecule has 0 unspecified atom stereocenters. The van der Waals surface area contributed by atoms with Gasteiger partial charge < -0.3 is 9.32 Å². The number of pyridine rings is 1. The van der Waals surface area contributed by atoms with Gasteiger partial charge >= 0.3 is 0 Å². The Balaban J connectivity index is 1.65. The van der Waals surface area contributed by atoms with E-state index < -0.39 is 0 Å². The molecule has 4 heteroatoms. The van der Waals surface area contributed by atoms with Crippen molar-refractivity contribution in [3.63, 3.8) is 0 Å². The highest BCUT2D eigenvalue weighted by atomic mass is 16.4. The van der Waals surface area contributed by atoms with E-state index in [4.69, 9.17) is 4.42 Å². The zero-order valence-electron chi connectivity index (χ0n) is 13.2. The Morgan fingerprint density at radius 2 is 2.09 bits per heavy atom. The van der Waals surface area contributed by atoms with Crippen LogP contribution in [-0.2, 0) is 13.0 Å². The molecule has 3 heterocycles. The van der Waals surface area contributed by atoms with Gasteiger partial charge in [-0.2, -0.15) is 0 Å². The summed E-state index contributed by atoms with van der Waals surface area (Å²) >= 11 is 0. The van der Waals surface area contributed by atoms with Gasteiger partial charge in [-0.25, -0.2) is 4.98 Å². The summed E-state index contributed by atoms with van der Waals surface area (Å²) < 4.78 is 6.04. The van der Waals surface area contributed by atoms with Crippen molar-refractivity contribution in [3.05, 3.63) is 65.7 Å². The van der Waals surface area contributed by atoms with Crippen molar-refractivity contribution in [1.82, 2.24) is 9.97 Å². The Labute approximate surface area is 135 Å². The number of aromatic nitrogens is 2. The average Bonchev–Trinajstić information content (AvgIpc) is 2.87. The molecule has 0 amide bonds. The van der Waals surface area contributed by atoms with Gasteiger partial charge in [0.2, 0.25) is 5.89 Å². The summed E-state index contributed by atoms with van der Waals surface area (Å²) in [6.45, 7) is 3.91. The predicted octanol–water partition coefficient (Wildman–Crippen LogP) is 4.00. The minimum Gasteiger partial charge on any atom is -0.438 e. The number of rotatable bonds is 2. The lowest BCUT2D eigenvalue weighted by Crippen LogP contribution is -2.22. The van der Waals surface area contributed by atoms with Crippen LogP contribution in [0.2, 0.25) is 0 Å². The van der Waals surface area contributed by atoms with Crippen molar-refractivity contribution in [1.29, 1.82) is 0 Å². The number of aryl methyl sites for hydroxylation is 2. The molecule has 116 valence electrons. The van der Waals surface area contributed by atoms with E-state index in [1.807, 2.05) is 18.2 Å². The average molecular weight is 305 g/mol. The van der Waals surface area contributed by atoms with Crippen molar-refractivity contribution < 1.29 is 4.42 Å². The second kappa shape index (κ2) is 5.88. The van der Waals surface area contributed by atoms with Crippen LogP contribution in [0, 0.1) is 6.92 Å². The fourth-order valence-corrected chi connectivity index (χ4v) is 3.04. The molecule has 1 aliphatic heterocycles. The van der Waals surface area contributed by atoms with Crippen LogP contribution in [0.15, 0.2) is 53.1 Å². The lowest BCUT2D eigenvalue weighted by Gasteiger charge is -2.22. The van der Waals surface area contributed by atoms with E-state index in [1.165, 1.54) is 11.3 Å². The lowest BCUT2D eigenvalue weighted by molar-refractivity contribution is 0.511. The summed E-state index contributed by atoms with van der Waals surface area (Å²) in [6, 6.07) is 14.4. The number of nitrogens with zero attached hydrogens (tertiary/aromatic N) is 3. The van der Waals surface area contributed by atoms with E-state index in [-0.39, 0.29) is 0 Å². The third kappa shape index (κ3) is 2.84. The first-order valence-electron chi connectivity index (χ1n) is 8.01.